The molecule has 3 heteroatoms. The molecule has 0 radical (unpaired) electrons. The molecular formula is C19H16N2O. The minimum Gasteiger partial charge on any atom is -0.398 e. The molecule has 3 N–H and O–H groups in total. The van der Waals surface area contributed by atoms with Crippen LogP contribution in [0.4, 0.5) is 11.4 Å². The van der Waals surface area contributed by atoms with E-state index in [0.717, 1.165) is 16.8 Å². The molecule has 3 rings (SSSR count). The van der Waals surface area contributed by atoms with Crippen LogP contribution >= 0.6 is 0 Å². The topological polar surface area (TPSA) is 55.1 Å². The second-order valence-electron chi connectivity index (χ2n) is 4.99. The van der Waals surface area contributed by atoms with Crippen molar-refractivity contribution in [2.75, 3.05) is 11.1 Å². The van der Waals surface area contributed by atoms with E-state index in [1.54, 1.807) is 18.2 Å². The van der Waals surface area contributed by atoms with Gasteiger partial charge in [-0.3, -0.25) is 4.79 Å². The third-order valence-corrected chi connectivity index (χ3v) is 3.43. The number of hydrogen-bond acceptors (Lipinski definition) is 2. The van der Waals surface area contributed by atoms with Gasteiger partial charge in [0, 0.05) is 11.4 Å². The lowest BCUT2D eigenvalue weighted by Crippen LogP contribution is -2.13. The van der Waals surface area contributed by atoms with Crippen LogP contribution in [0.15, 0.2) is 78.9 Å². The Morgan fingerprint density at radius 2 is 1.45 bits per heavy atom. The van der Waals surface area contributed by atoms with Gasteiger partial charge in [-0.15, -0.1) is 0 Å². The van der Waals surface area contributed by atoms with Crippen molar-refractivity contribution in [3.8, 4) is 11.1 Å². The molecule has 0 aromatic heterocycles. The quantitative estimate of drug-likeness (QED) is 0.710. The summed E-state index contributed by atoms with van der Waals surface area (Å²) in [6.45, 7) is 0. The lowest BCUT2D eigenvalue weighted by atomic mass is 10.1. The molecule has 0 spiro atoms. The monoisotopic (exact) mass is 288 g/mol. The number of nitrogens with one attached hydrogen (secondary N) is 1. The minimum absolute atomic E-state index is 0.205. The Morgan fingerprint density at radius 1 is 0.773 bits per heavy atom. The van der Waals surface area contributed by atoms with Crippen molar-refractivity contribution < 1.29 is 4.79 Å². The maximum absolute atomic E-state index is 12.3. The van der Waals surface area contributed by atoms with Gasteiger partial charge in [-0.1, -0.05) is 54.6 Å². The van der Waals surface area contributed by atoms with E-state index in [9.17, 15) is 4.79 Å². The molecule has 3 aromatic carbocycles. The van der Waals surface area contributed by atoms with Gasteiger partial charge in [-0.25, -0.2) is 0 Å². The van der Waals surface area contributed by atoms with Crippen LogP contribution in [0, 0.1) is 0 Å². The number of amides is 1. The Hall–Kier alpha value is -3.07. The number of carbonyl (C=O) groups excluding carboxylic acids is 1. The van der Waals surface area contributed by atoms with Gasteiger partial charge < -0.3 is 11.1 Å². The second-order valence-corrected chi connectivity index (χ2v) is 4.99. The van der Waals surface area contributed by atoms with E-state index < -0.39 is 0 Å². The predicted molar refractivity (Wildman–Crippen MR) is 90.7 cm³/mol. The van der Waals surface area contributed by atoms with E-state index in [1.165, 1.54) is 0 Å². The highest BCUT2D eigenvalue weighted by Crippen LogP contribution is 2.23. The summed E-state index contributed by atoms with van der Waals surface area (Å²) in [5.41, 5.74) is 9.70. The summed E-state index contributed by atoms with van der Waals surface area (Å²) in [6.07, 6.45) is 0. The Balaban J connectivity index is 1.85. The Morgan fingerprint density at radius 3 is 2.23 bits per heavy atom. The standard InChI is InChI=1S/C19H16N2O/c20-18-12-5-4-11-17(18)19(22)21-16-10-6-9-15(13-16)14-7-2-1-3-8-14/h1-13H,20H2,(H,21,22). The zero-order valence-electron chi connectivity index (χ0n) is 12.0. The molecule has 3 aromatic rings. The smallest absolute Gasteiger partial charge is 0.257 e. The molecule has 0 aliphatic heterocycles. The normalized spacial score (nSPS) is 10.2. The fourth-order valence-corrected chi connectivity index (χ4v) is 2.31. The summed E-state index contributed by atoms with van der Waals surface area (Å²) in [7, 11) is 0. The van der Waals surface area contributed by atoms with Crippen molar-refractivity contribution in [3.63, 3.8) is 0 Å². The Kier molecular flexibility index (Phi) is 3.88. The third-order valence-electron chi connectivity index (χ3n) is 3.43. The van der Waals surface area contributed by atoms with E-state index in [2.05, 4.69) is 5.32 Å². The molecule has 0 saturated heterocycles. The first-order chi connectivity index (χ1) is 10.7. The lowest BCUT2D eigenvalue weighted by Gasteiger charge is -2.09. The van der Waals surface area contributed by atoms with Crippen molar-refractivity contribution in [1.82, 2.24) is 0 Å². The summed E-state index contributed by atoms with van der Waals surface area (Å²) < 4.78 is 0. The van der Waals surface area contributed by atoms with E-state index in [1.807, 2.05) is 60.7 Å². The number of carbonyl (C=O) groups is 1. The van der Waals surface area contributed by atoms with Crippen molar-refractivity contribution in [2.45, 2.75) is 0 Å². The van der Waals surface area contributed by atoms with Crippen LogP contribution in [-0.2, 0) is 0 Å². The van der Waals surface area contributed by atoms with Crippen LogP contribution in [0.2, 0.25) is 0 Å². The largest absolute Gasteiger partial charge is 0.398 e. The molecular weight excluding hydrogens is 272 g/mol. The zero-order chi connectivity index (χ0) is 15.4. The average Bonchev–Trinajstić information content (AvgIpc) is 2.56. The summed E-state index contributed by atoms with van der Waals surface area (Å²) in [4.78, 5) is 12.3. The zero-order valence-corrected chi connectivity index (χ0v) is 12.0. The second kappa shape index (κ2) is 6.14. The minimum atomic E-state index is -0.205. The number of anilines is 2. The summed E-state index contributed by atoms with van der Waals surface area (Å²) in [5, 5.41) is 2.89. The van der Waals surface area contributed by atoms with Crippen molar-refractivity contribution in [1.29, 1.82) is 0 Å². The maximum Gasteiger partial charge on any atom is 0.257 e. The van der Waals surface area contributed by atoms with Gasteiger partial charge in [0.2, 0.25) is 0 Å². The third kappa shape index (κ3) is 2.99. The van der Waals surface area contributed by atoms with Gasteiger partial charge in [-0.05, 0) is 35.4 Å². The number of nitrogens with two attached hydrogens (primary N) is 1. The van der Waals surface area contributed by atoms with E-state index in [0.29, 0.717) is 11.3 Å². The molecule has 0 heterocycles. The van der Waals surface area contributed by atoms with E-state index in [4.69, 9.17) is 5.73 Å². The van der Waals surface area contributed by atoms with Gasteiger partial charge in [0.25, 0.3) is 5.91 Å². The Bertz CT molecular complexity index is 797. The molecule has 0 aliphatic rings. The van der Waals surface area contributed by atoms with Gasteiger partial charge in [0.1, 0.15) is 0 Å². The molecule has 0 saturated carbocycles. The van der Waals surface area contributed by atoms with E-state index in [-0.39, 0.29) is 5.91 Å². The molecule has 0 fully saturated rings. The van der Waals surface area contributed by atoms with Crippen LogP contribution in [0.1, 0.15) is 10.4 Å². The van der Waals surface area contributed by atoms with Crippen molar-refractivity contribution in [3.05, 3.63) is 84.4 Å². The molecule has 0 atom stereocenters. The van der Waals surface area contributed by atoms with Crippen LogP contribution in [0.25, 0.3) is 11.1 Å². The molecule has 0 aliphatic carbocycles. The molecule has 22 heavy (non-hydrogen) atoms. The molecule has 0 bridgehead atoms. The number of nitrogen functional groups attached to an aromatic ring is 1. The number of para-hydroxylation sites is 1. The predicted octanol–water partition coefficient (Wildman–Crippen LogP) is 4.19. The summed E-state index contributed by atoms with van der Waals surface area (Å²) >= 11 is 0. The molecule has 3 nitrogen and oxygen atoms in total. The number of benzene rings is 3. The highest BCUT2D eigenvalue weighted by atomic mass is 16.1. The maximum atomic E-state index is 12.3. The molecule has 108 valence electrons. The SMILES string of the molecule is Nc1ccccc1C(=O)Nc1cccc(-c2ccccc2)c1. The fourth-order valence-electron chi connectivity index (χ4n) is 2.31. The van der Waals surface area contributed by atoms with Gasteiger partial charge in [0.15, 0.2) is 0 Å². The number of hydrogen-bond donors (Lipinski definition) is 2. The summed E-state index contributed by atoms with van der Waals surface area (Å²) in [6, 6.07) is 24.8. The van der Waals surface area contributed by atoms with Gasteiger partial charge in [-0.2, -0.15) is 0 Å². The molecule has 1 amide bonds. The van der Waals surface area contributed by atoms with E-state index >= 15 is 0 Å². The van der Waals surface area contributed by atoms with Crippen LogP contribution in [0.3, 0.4) is 0 Å². The first-order valence-corrected chi connectivity index (χ1v) is 7.05. The van der Waals surface area contributed by atoms with Gasteiger partial charge >= 0.3 is 0 Å². The lowest BCUT2D eigenvalue weighted by molar-refractivity contribution is 0.102. The van der Waals surface area contributed by atoms with Crippen molar-refractivity contribution >= 4 is 17.3 Å². The number of rotatable bonds is 3. The van der Waals surface area contributed by atoms with Crippen LogP contribution in [-0.4, -0.2) is 5.91 Å². The van der Waals surface area contributed by atoms with Crippen LogP contribution in [0.5, 0.6) is 0 Å². The fraction of sp³-hybridized carbons (Fsp3) is 0. The highest BCUT2D eigenvalue weighted by molar-refractivity contribution is 6.07. The summed E-state index contributed by atoms with van der Waals surface area (Å²) in [5.74, 6) is -0.205. The first kappa shape index (κ1) is 13.9. The first-order valence-electron chi connectivity index (χ1n) is 7.05. The Labute approximate surface area is 129 Å². The van der Waals surface area contributed by atoms with Crippen LogP contribution < -0.4 is 11.1 Å². The molecule has 0 unspecified atom stereocenters. The van der Waals surface area contributed by atoms with Gasteiger partial charge in [0.05, 0.1) is 5.56 Å². The average molecular weight is 288 g/mol. The highest BCUT2D eigenvalue weighted by Gasteiger charge is 2.09. The van der Waals surface area contributed by atoms with Crippen molar-refractivity contribution in [2.24, 2.45) is 0 Å².